The quantitative estimate of drug-likeness (QED) is 0.486. The topological polar surface area (TPSA) is 78.9 Å². The predicted octanol–water partition coefficient (Wildman–Crippen LogP) is 4.47. The molecule has 1 aliphatic rings. The molecule has 0 saturated heterocycles. The normalized spacial score (nSPS) is 13.9. The van der Waals surface area contributed by atoms with Crippen LogP contribution in [0.5, 0.6) is 5.75 Å². The molecule has 0 spiro atoms. The molecule has 1 aliphatic carbocycles. The number of hydrogen-bond acceptors (Lipinski definition) is 7. The Hall–Kier alpha value is -2.06. The lowest BCUT2D eigenvalue weighted by atomic mass is 10.3. The maximum atomic E-state index is 6.16. The molecule has 7 nitrogen and oxygen atoms in total. The van der Waals surface area contributed by atoms with Gasteiger partial charge in [0.1, 0.15) is 12.4 Å². The number of halogens is 1. The lowest BCUT2D eigenvalue weighted by Crippen LogP contribution is -2.07. The fourth-order valence-corrected chi connectivity index (χ4v) is 3.76. The zero-order valence-electron chi connectivity index (χ0n) is 15.0. The molecule has 0 unspecified atom stereocenters. The molecular weight excluding hydrogens is 386 g/mol. The van der Waals surface area contributed by atoms with Gasteiger partial charge >= 0.3 is 0 Å². The van der Waals surface area contributed by atoms with Crippen LogP contribution in [0.15, 0.2) is 33.9 Å². The maximum absolute atomic E-state index is 6.16. The highest BCUT2D eigenvalue weighted by Gasteiger charge is 2.30. The highest BCUT2D eigenvalue weighted by molar-refractivity contribution is 7.98. The average molecular weight is 406 g/mol. The number of nitrogens with zero attached hydrogens (tertiary/aromatic N) is 5. The van der Waals surface area contributed by atoms with Gasteiger partial charge in [0, 0.05) is 12.5 Å². The van der Waals surface area contributed by atoms with Crippen LogP contribution in [-0.2, 0) is 18.8 Å². The number of hydrogen-bond donors (Lipinski definition) is 0. The van der Waals surface area contributed by atoms with Gasteiger partial charge in [-0.05, 0) is 31.4 Å². The molecule has 9 heteroatoms. The van der Waals surface area contributed by atoms with Crippen molar-refractivity contribution in [1.82, 2.24) is 24.9 Å². The SMILES string of the molecule is CCCc1noc(CSc2nnc(COc3ccccc3Cl)n2C2CC2)n1. The van der Waals surface area contributed by atoms with Gasteiger partial charge in [-0.1, -0.05) is 47.6 Å². The van der Waals surface area contributed by atoms with Gasteiger partial charge in [0.15, 0.2) is 16.8 Å². The van der Waals surface area contributed by atoms with Gasteiger partial charge in [-0.25, -0.2) is 0 Å². The number of thioether (sulfide) groups is 1. The molecule has 0 aliphatic heterocycles. The first-order valence-corrected chi connectivity index (χ1v) is 10.4. The third-order valence-electron chi connectivity index (χ3n) is 4.15. The maximum Gasteiger partial charge on any atom is 0.237 e. The van der Waals surface area contributed by atoms with Crippen molar-refractivity contribution >= 4 is 23.4 Å². The van der Waals surface area contributed by atoms with Crippen LogP contribution in [0.4, 0.5) is 0 Å². The minimum absolute atomic E-state index is 0.328. The number of benzene rings is 1. The molecule has 2 aromatic heterocycles. The largest absolute Gasteiger partial charge is 0.484 e. The Balaban J connectivity index is 1.43. The standard InChI is InChI=1S/C18H20ClN5O2S/c1-2-5-15-20-17(26-23-15)11-27-18-22-21-16(24(18)12-8-9-12)10-25-14-7-4-3-6-13(14)19/h3-4,6-7,12H,2,5,8-11H2,1H3. The van der Waals surface area contributed by atoms with Crippen LogP contribution in [0.1, 0.15) is 49.8 Å². The summed E-state index contributed by atoms with van der Waals surface area (Å²) in [5.41, 5.74) is 0. The van der Waals surface area contributed by atoms with Crippen molar-refractivity contribution < 1.29 is 9.26 Å². The van der Waals surface area contributed by atoms with E-state index in [0.29, 0.717) is 35.1 Å². The smallest absolute Gasteiger partial charge is 0.237 e. The minimum Gasteiger partial charge on any atom is -0.484 e. The van der Waals surface area contributed by atoms with Gasteiger partial charge in [-0.15, -0.1) is 10.2 Å². The molecule has 0 bridgehead atoms. The van der Waals surface area contributed by atoms with E-state index in [1.165, 1.54) is 0 Å². The zero-order valence-corrected chi connectivity index (χ0v) is 16.5. The predicted molar refractivity (Wildman–Crippen MR) is 102 cm³/mol. The van der Waals surface area contributed by atoms with Gasteiger partial charge in [0.05, 0.1) is 10.8 Å². The third-order valence-corrected chi connectivity index (χ3v) is 5.39. The van der Waals surface area contributed by atoms with Crippen molar-refractivity contribution in [3.05, 3.63) is 46.8 Å². The molecule has 0 amide bonds. The van der Waals surface area contributed by atoms with Crippen molar-refractivity contribution in [2.24, 2.45) is 0 Å². The third kappa shape index (κ3) is 4.44. The van der Waals surface area contributed by atoms with E-state index in [1.54, 1.807) is 17.8 Å². The van der Waals surface area contributed by atoms with Crippen LogP contribution in [0.2, 0.25) is 5.02 Å². The molecule has 142 valence electrons. The van der Waals surface area contributed by atoms with Gasteiger partial charge in [0.2, 0.25) is 5.89 Å². The Bertz CT molecular complexity index is 909. The lowest BCUT2D eigenvalue weighted by Gasteiger charge is -2.10. The van der Waals surface area contributed by atoms with Gasteiger partial charge < -0.3 is 9.26 Å². The fraction of sp³-hybridized carbons (Fsp3) is 0.444. The molecule has 1 aromatic carbocycles. The fourth-order valence-electron chi connectivity index (χ4n) is 2.71. The highest BCUT2D eigenvalue weighted by atomic mass is 35.5. The minimum atomic E-state index is 0.328. The summed E-state index contributed by atoms with van der Waals surface area (Å²) in [6.45, 7) is 2.42. The van der Waals surface area contributed by atoms with E-state index in [0.717, 1.165) is 42.5 Å². The molecule has 2 heterocycles. The molecule has 4 rings (SSSR count). The van der Waals surface area contributed by atoms with E-state index in [4.69, 9.17) is 20.9 Å². The van der Waals surface area contributed by atoms with Gasteiger partial charge in [-0.3, -0.25) is 4.57 Å². The molecule has 27 heavy (non-hydrogen) atoms. The summed E-state index contributed by atoms with van der Waals surface area (Å²) < 4.78 is 13.3. The van der Waals surface area contributed by atoms with Gasteiger partial charge in [0.25, 0.3) is 0 Å². The summed E-state index contributed by atoms with van der Waals surface area (Å²) in [5.74, 6) is 3.39. The Kier molecular flexibility index (Phi) is 5.63. The van der Waals surface area contributed by atoms with Gasteiger partial charge in [-0.2, -0.15) is 4.98 Å². The summed E-state index contributed by atoms with van der Waals surface area (Å²) in [4.78, 5) is 4.40. The molecule has 1 saturated carbocycles. The molecular formula is C18H20ClN5O2S. The monoisotopic (exact) mass is 405 g/mol. The van der Waals surface area contributed by atoms with Crippen LogP contribution in [0, 0.1) is 0 Å². The van der Waals surface area contributed by atoms with Crippen molar-refractivity contribution in [2.75, 3.05) is 0 Å². The second-order valence-corrected chi connectivity index (χ2v) is 7.71. The summed E-state index contributed by atoms with van der Waals surface area (Å²) in [6.07, 6.45) is 4.09. The van der Waals surface area contributed by atoms with E-state index in [9.17, 15) is 0 Å². The van der Waals surface area contributed by atoms with Crippen LogP contribution >= 0.6 is 23.4 Å². The van der Waals surface area contributed by atoms with E-state index in [2.05, 4.69) is 31.8 Å². The van der Waals surface area contributed by atoms with E-state index in [-0.39, 0.29) is 0 Å². The van der Waals surface area contributed by atoms with Crippen molar-refractivity contribution in [2.45, 2.75) is 56.2 Å². The van der Waals surface area contributed by atoms with Crippen molar-refractivity contribution in [1.29, 1.82) is 0 Å². The Labute approximate surface area is 166 Å². The molecule has 3 aromatic rings. The lowest BCUT2D eigenvalue weighted by molar-refractivity contribution is 0.288. The first-order valence-electron chi connectivity index (χ1n) is 9.00. The zero-order chi connectivity index (χ0) is 18.6. The number of aryl methyl sites for hydroxylation is 1. The average Bonchev–Trinajstić information content (AvgIpc) is 3.27. The molecule has 0 atom stereocenters. The van der Waals surface area contributed by atoms with Crippen molar-refractivity contribution in [3.8, 4) is 5.75 Å². The second-order valence-electron chi connectivity index (χ2n) is 6.36. The van der Waals surface area contributed by atoms with Crippen LogP contribution in [0.25, 0.3) is 0 Å². The first kappa shape index (κ1) is 18.3. The Morgan fingerprint density at radius 3 is 2.93 bits per heavy atom. The van der Waals surface area contributed by atoms with E-state index >= 15 is 0 Å². The van der Waals surface area contributed by atoms with Crippen LogP contribution < -0.4 is 4.74 Å². The van der Waals surface area contributed by atoms with Crippen LogP contribution in [-0.4, -0.2) is 24.9 Å². The molecule has 1 fully saturated rings. The summed E-state index contributed by atoms with van der Waals surface area (Å²) >= 11 is 7.71. The number of ether oxygens (including phenoxy) is 1. The summed E-state index contributed by atoms with van der Waals surface area (Å²) in [6, 6.07) is 7.86. The Morgan fingerprint density at radius 2 is 2.15 bits per heavy atom. The number of para-hydroxylation sites is 1. The Morgan fingerprint density at radius 1 is 1.30 bits per heavy atom. The van der Waals surface area contributed by atoms with Crippen LogP contribution in [0.3, 0.4) is 0 Å². The molecule has 0 N–H and O–H groups in total. The number of rotatable bonds is 9. The summed E-state index contributed by atoms with van der Waals surface area (Å²) in [5, 5.41) is 14.1. The highest BCUT2D eigenvalue weighted by Crippen LogP contribution is 2.39. The first-order chi connectivity index (χ1) is 13.2. The summed E-state index contributed by atoms with van der Waals surface area (Å²) in [7, 11) is 0. The number of aromatic nitrogens is 5. The molecule has 0 radical (unpaired) electrons. The van der Waals surface area contributed by atoms with Crippen molar-refractivity contribution in [3.63, 3.8) is 0 Å². The second kappa shape index (κ2) is 8.31. The van der Waals surface area contributed by atoms with E-state index in [1.807, 2.05) is 18.2 Å². The van der Waals surface area contributed by atoms with E-state index < -0.39 is 0 Å².